The lowest BCUT2D eigenvalue weighted by Crippen LogP contribution is -2.41. The van der Waals surface area contributed by atoms with Crippen molar-refractivity contribution in [3.63, 3.8) is 0 Å². The van der Waals surface area contributed by atoms with E-state index in [1.165, 1.54) is 0 Å². The fourth-order valence-corrected chi connectivity index (χ4v) is 3.14. The molecule has 1 unspecified atom stereocenters. The molecule has 0 bridgehead atoms. The second kappa shape index (κ2) is 6.80. The van der Waals surface area contributed by atoms with Crippen LogP contribution in [0.1, 0.15) is 5.56 Å². The second-order valence-electron chi connectivity index (χ2n) is 5.85. The van der Waals surface area contributed by atoms with E-state index in [1.54, 1.807) is 0 Å². The summed E-state index contributed by atoms with van der Waals surface area (Å²) in [6.07, 6.45) is 1.64. The van der Waals surface area contributed by atoms with Crippen LogP contribution in [0.5, 0.6) is 17.2 Å². The highest BCUT2D eigenvalue weighted by molar-refractivity contribution is 9.10. The predicted octanol–water partition coefficient (Wildman–Crippen LogP) is 3.18. The van der Waals surface area contributed by atoms with Gasteiger partial charge in [-0.1, -0.05) is 28.1 Å². The van der Waals surface area contributed by atoms with Crippen molar-refractivity contribution in [1.29, 1.82) is 0 Å². The summed E-state index contributed by atoms with van der Waals surface area (Å²) in [5.74, 6) is 2.05. The number of benzene rings is 2. The van der Waals surface area contributed by atoms with Crippen LogP contribution in [-0.4, -0.2) is 31.8 Å². The number of carbonyl (C=O) groups excluding carboxylic acids is 1. The van der Waals surface area contributed by atoms with Crippen LogP contribution in [-0.2, 0) is 4.79 Å². The summed E-state index contributed by atoms with van der Waals surface area (Å²) in [5.41, 5.74) is 1.47. The molecule has 0 radical (unpaired) electrons. The van der Waals surface area contributed by atoms with E-state index in [0.717, 1.165) is 21.5 Å². The Morgan fingerprint density at radius 3 is 2.84 bits per heavy atom. The third-order valence-corrected chi connectivity index (χ3v) is 4.53. The first-order valence-corrected chi connectivity index (χ1v) is 8.78. The van der Waals surface area contributed by atoms with Crippen molar-refractivity contribution in [2.24, 2.45) is 0 Å². The summed E-state index contributed by atoms with van der Waals surface area (Å²) in [6, 6.07) is 13.2. The van der Waals surface area contributed by atoms with Crippen LogP contribution in [0.3, 0.4) is 0 Å². The van der Waals surface area contributed by atoms with E-state index in [1.807, 2.05) is 48.5 Å². The number of rotatable bonds is 3. The molecule has 0 aliphatic carbocycles. The van der Waals surface area contributed by atoms with Gasteiger partial charge in [-0.05, 0) is 36.4 Å². The van der Waals surface area contributed by atoms with Gasteiger partial charge < -0.3 is 19.5 Å². The van der Waals surface area contributed by atoms with Crippen LogP contribution in [0.25, 0.3) is 6.08 Å². The molecule has 0 aromatic heterocycles. The number of hydrogen-bond acceptors (Lipinski definition) is 4. The largest absolute Gasteiger partial charge is 0.488 e. The molecule has 128 valence electrons. The second-order valence-corrected chi connectivity index (χ2v) is 6.76. The molecule has 1 atom stereocenters. The molecular weight excluding hydrogens is 386 g/mol. The van der Waals surface area contributed by atoms with Gasteiger partial charge in [-0.2, -0.15) is 0 Å². The van der Waals surface area contributed by atoms with Crippen molar-refractivity contribution in [2.45, 2.75) is 6.10 Å². The van der Waals surface area contributed by atoms with Crippen molar-refractivity contribution in [3.8, 4) is 17.2 Å². The smallest absolute Gasteiger partial charge is 0.250 e. The summed E-state index contributed by atoms with van der Waals surface area (Å²) in [6.45, 7) is 1.03. The van der Waals surface area contributed by atoms with E-state index in [9.17, 15) is 4.79 Å². The monoisotopic (exact) mass is 401 g/mol. The standard InChI is InChI=1S/C19H16BrNO4/c20-14-5-6-16-12(8-14)7-13(10-23-16)19(22)21-9-15-11-24-17-3-1-2-4-18(17)25-15/h1-8,15H,9-11H2,(H,21,22). The van der Waals surface area contributed by atoms with Gasteiger partial charge in [0, 0.05) is 10.0 Å². The van der Waals surface area contributed by atoms with Crippen LogP contribution in [0.2, 0.25) is 0 Å². The lowest BCUT2D eigenvalue weighted by Gasteiger charge is -2.26. The number of hydrogen-bond donors (Lipinski definition) is 1. The Morgan fingerprint density at radius 1 is 1.12 bits per heavy atom. The number of ether oxygens (including phenoxy) is 3. The van der Waals surface area contributed by atoms with Crippen molar-refractivity contribution in [2.75, 3.05) is 19.8 Å². The van der Waals surface area contributed by atoms with Crippen molar-refractivity contribution >= 4 is 27.9 Å². The summed E-state index contributed by atoms with van der Waals surface area (Å²) in [7, 11) is 0. The zero-order valence-corrected chi connectivity index (χ0v) is 14.9. The third kappa shape index (κ3) is 3.49. The minimum absolute atomic E-state index is 0.159. The van der Waals surface area contributed by atoms with Gasteiger partial charge in [0.05, 0.1) is 12.1 Å². The quantitative estimate of drug-likeness (QED) is 0.857. The van der Waals surface area contributed by atoms with Crippen LogP contribution in [0.4, 0.5) is 0 Å². The number of halogens is 1. The predicted molar refractivity (Wildman–Crippen MR) is 97.0 cm³/mol. The topological polar surface area (TPSA) is 56.8 Å². The molecule has 25 heavy (non-hydrogen) atoms. The third-order valence-electron chi connectivity index (χ3n) is 4.03. The Hall–Kier alpha value is -2.47. The lowest BCUT2D eigenvalue weighted by molar-refractivity contribution is -0.118. The number of nitrogens with one attached hydrogen (secondary N) is 1. The van der Waals surface area contributed by atoms with Crippen LogP contribution < -0.4 is 19.5 Å². The molecule has 0 spiro atoms. The Kier molecular flexibility index (Phi) is 4.36. The summed E-state index contributed by atoms with van der Waals surface area (Å²) in [5, 5.41) is 2.89. The molecule has 2 aliphatic rings. The molecule has 1 amide bonds. The van der Waals surface area contributed by atoms with Gasteiger partial charge in [0.15, 0.2) is 11.5 Å². The van der Waals surface area contributed by atoms with E-state index < -0.39 is 0 Å². The Balaban J connectivity index is 1.39. The van der Waals surface area contributed by atoms with Crippen LogP contribution in [0.15, 0.2) is 52.5 Å². The van der Waals surface area contributed by atoms with Crippen LogP contribution >= 0.6 is 15.9 Å². The number of fused-ring (bicyclic) bond motifs is 2. The molecule has 2 aromatic rings. The molecule has 5 nitrogen and oxygen atoms in total. The van der Waals surface area contributed by atoms with E-state index >= 15 is 0 Å². The van der Waals surface area contributed by atoms with Crippen molar-refractivity contribution in [3.05, 3.63) is 58.1 Å². The molecule has 0 saturated carbocycles. The molecule has 4 rings (SSSR count). The van der Waals surface area contributed by atoms with E-state index in [2.05, 4.69) is 21.2 Å². The first kappa shape index (κ1) is 16.0. The van der Waals surface area contributed by atoms with Gasteiger partial charge in [-0.15, -0.1) is 0 Å². The number of carbonyl (C=O) groups is 1. The van der Waals surface area contributed by atoms with Crippen molar-refractivity contribution < 1.29 is 19.0 Å². The number of para-hydroxylation sites is 2. The maximum absolute atomic E-state index is 12.4. The molecule has 0 saturated heterocycles. The Labute approximate surface area is 153 Å². The highest BCUT2D eigenvalue weighted by atomic mass is 79.9. The molecule has 0 fully saturated rings. The average molecular weight is 402 g/mol. The summed E-state index contributed by atoms with van der Waals surface area (Å²) < 4.78 is 18.1. The summed E-state index contributed by atoms with van der Waals surface area (Å²) >= 11 is 3.43. The highest BCUT2D eigenvalue weighted by Gasteiger charge is 2.23. The first-order chi connectivity index (χ1) is 12.2. The van der Waals surface area contributed by atoms with E-state index in [0.29, 0.717) is 24.5 Å². The van der Waals surface area contributed by atoms with Crippen molar-refractivity contribution in [1.82, 2.24) is 5.32 Å². The molecule has 6 heteroatoms. The van der Waals surface area contributed by atoms with Gasteiger partial charge in [-0.3, -0.25) is 4.79 Å². The molecule has 2 aliphatic heterocycles. The van der Waals surface area contributed by atoms with Gasteiger partial charge in [-0.25, -0.2) is 0 Å². The van der Waals surface area contributed by atoms with Gasteiger partial charge in [0.25, 0.3) is 5.91 Å². The van der Waals surface area contributed by atoms with E-state index in [4.69, 9.17) is 14.2 Å². The van der Waals surface area contributed by atoms with Crippen LogP contribution in [0, 0.1) is 0 Å². The Morgan fingerprint density at radius 2 is 1.96 bits per heavy atom. The number of amides is 1. The fraction of sp³-hybridized carbons (Fsp3) is 0.211. The first-order valence-electron chi connectivity index (χ1n) is 7.98. The fourth-order valence-electron chi connectivity index (χ4n) is 2.76. The Bertz CT molecular complexity index is 849. The van der Waals surface area contributed by atoms with Gasteiger partial charge >= 0.3 is 0 Å². The zero-order valence-electron chi connectivity index (χ0n) is 13.3. The zero-order chi connectivity index (χ0) is 17.2. The minimum atomic E-state index is -0.217. The molecule has 2 heterocycles. The normalized spacial score (nSPS) is 17.8. The lowest BCUT2D eigenvalue weighted by atomic mass is 10.1. The minimum Gasteiger partial charge on any atom is -0.488 e. The molecule has 1 N–H and O–H groups in total. The molecular formula is C19H16BrNO4. The maximum atomic E-state index is 12.4. The molecule has 2 aromatic carbocycles. The van der Waals surface area contributed by atoms with Gasteiger partial charge in [0.1, 0.15) is 25.1 Å². The maximum Gasteiger partial charge on any atom is 0.250 e. The van der Waals surface area contributed by atoms with Gasteiger partial charge in [0.2, 0.25) is 0 Å². The summed E-state index contributed by atoms with van der Waals surface area (Å²) in [4.78, 5) is 12.4. The SMILES string of the molecule is O=C(NCC1COc2ccccc2O1)C1=Cc2cc(Br)ccc2OC1. The van der Waals surface area contributed by atoms with E-state index in [-0.39, 0.29) is 18.6 Å². The highest BCUT2D eigenvalue weighted by Crippen LogP contribution is 2.31. The average Bonchev–Trinajstić information content (AvgIpc) is 2.65.